The molecule has 0 spiro atoms. The zero-order valence-electron chi connectivity index (χ0n) is 11.2. The minimum absolute atomic E-state index is 0.553. The highest BCUT2D eigenvalue weighted by Gasteiger charge is 2.10. The predicted octanol–water partition coefficient (Wildman–Crippen LogP) is 1.52. The third kappa shape index (κ3) is 3.84. The molecule has 1 aliphatic rings. The first-order valence-electron chi connectivity index (χ1n) is 6.87. The molecule has 3 N–H and O–H groups in total. The van der Waals surface area contributed by atoms with E-state index >= 15 is 0 Å². The van der Waals surface area contributed by atoms with Crippen molar-refractivity contribution in [3.8, 4) is 0 Å². The topological polar surface area (TPSA) is 67.1 Å². The molecule has 1 fully saturated rings. The average Bonchev–Trinajstić information content (AvgIpc) is 2.82. The quantitative estimate of drug-likeness (QED) is 0.800. The maximum atomic E-state index is 5.78. The average molecular weight is 249 g/mol. The summed E-state index contributed by atoms with van der Waals surface area (Å²) in [6, 6.07) is 1.81. The van der Waals surface area contributed by atoms with E-state index in [1.165, 1.54) is 25.9 Å². The molecule has 5 nitrogen and oxygen atoms in total. The fourth-order valence-corrected chi connectivity index (χ4v) is 2.29. The van der Waals surface area contributed by atoms with E-state index in [1.54, 1.807) is 0 Å². The van der Waals surface area contributed by atoms with Gasteiger partial charge in [0.2, 0.25) is 0 Å². The van der Waals surface area contributed by atoms with E-state index in [9.17, 15) is 0 Å². The van der Waals surface area contributed by atoms with Crippen molar-refractivity contribution in [3.63, 3.8) is 0 Å². The van der Waals surface area contributed by atoms with Crippen LogP contribution in [0.15, 0.2) is 6.07 Å². The zero-order valence-corrected chi connectivity index (χ0v) is 11.2. The van der Waals surface area contributed by atoms with Crippen LogP contribution in [-0.4, -0.2) is 41.0 Å². The lowest BCUT2D eigenvalue weighted by Crippen LogP contribution is -2.26. The summed E-state index contributed by atoms with van der Waals surface area (Å²) in [5.41, 5.74) is 5.78. The summed E-state index contributed by atoms with van der Waals surface area (Å²) in [6.07, 6.45) is 4.59. The molecular weight excluding hydrogens is 226 g/mol. The summed E-state index contributed by atoms with van der Waals surface area (Å²) >= 11 is 0. The van der Waals surface area contributed by atoms with Crippen LogP contribution in [0.4, 0.5) is 11.6 Å². The number of nitrogen functional groups attached to an aromatic ring is 1. The maximum Gasteiger partial charge on any atom is 0.133 e. The largest absolute Gasteiger partial charge is 0.384 e. The Morgan fingerprint density at radius 2 is 2.11 bits per heavy atom. The van der Waals surface area contributed by atoms with Crippen molar-refractivity contribution >= 4 is 11.6 Å². The van der Waals surface area contributed by atoms with Gasteiger partial charge in [0.05, 0.1) is 0 Å². The molecule has 0 unspecified atom stereocenters. The van der Waals surface area contributed by atoms with Crippen LogP contribution >= 0.6 is 0 Å². The van der Waals surface area contributed by atoms with Crippen molar-refractivity contribution in [2.75, 3.05) is 37.2 Å². The van der Waals surface area contributed by atoms with Gasteiger partial charge in [0.25, 0.3) is 0 Å². The van der Waals surface area contributed by atoms with Gasteiger partial charge in [-0.3, -0.25) is 0 Å². The van der Waals surface area contributed by atoms with Crippen molar-refractivity contribution in [2.45, 2.75) is 32.6 Å². The molecule has 0 bridgehead atoms. The molecule has 0 aromatic carbocycles. The summed E-state index contributed by atoms with van der Waals surface area (Å²) in [7, 11) is 0. The van der Waals surface area contributed by atoms with E-state index in [4.69, 9.17) is 5.73 Å². The molecule has 1 aromatic heterocycles. The molecule has 0 saturated carbocycles. The number of anilines is 2. The summed E-state index contributed by atoms with van der Waals surface area (Å²) in [5.74, 6) is 2.24. The standard InChI is InChI=1S/C13H23N5/c1-2-5-12-16-11(14)10-13(17-12)15-6-9-18-7-3-4-8-18/h10H,2-9H2,1H3,(H3,14,15,16,17). The number of aromatic nitrogens is 2. The van der Waals surface area contributed by atoms with Crippen molar-refractivity contribution in [1.29, 1.82) is 0 Å². The van der Waals surface area contributed by atoms with Crippen LogP contribution in [0.25, 0.3) is 0 Å². The second kappa shape index (κ2) is 6.54. The Kier molecular flexibility index (Phi) is 4.75. The van der Waals surface area contributed by atoms with E-state index in [0.717, 1.165) is 37.6 Å². The van der Waals surface area contributed by atoms with Gasteiger partial charge in [0.15, 0.2) is 0 Å². The molecule has 0 amide bonds. The van der Waals surface area contributed by atoms with Gasteiger partial charge in [-0.2, -0.15) is 0 Å². The van der Waals surface area contributed by atoms with Crippen LogP contribution < -0.4 is 11.1 Å². The van der Waals surface area contributed by atoms with Gasteiger partial charge in [-0.1, -0.05) is 6.92 Å². The minimum atomic E-state index is 0.553. The molecular formula is C13H23N5. The zero-order chi connectivity index (χ0) is 12.8. The Hall–Kier alpha value is -1.36. The monoisotopic (exact) mass is 249 g/mol. The SMILES string of the molecule is CCCc1nc(N)cc(NCCN2CCCC2)n1. The summed E-state index contributed by atoms with van der Waals surface area (Å²) in [5, 5.41) is 3.34. The van der Waals surface area contributed by atoms with Crippen LogP contribution in [0.2, 0.25) is 0 Å². The van der Waals surface area contributed by atoms with Gasteiger partial charge in [0.1, 0.15) is 17.5 Å². The van der Waals surface area contributed by atoms with Gasteiger partial charge in [-0.05, 0) is 32.4 Å². The molecule has 18 heavy (non-hydrogen) atoms. The number of nitrogens with two attached hydrogens (primary N) is 1. The first-order chi connectivity index (χ1) is 8.78. The van der Waals surface area contributed by atoms with E-state index < -0.39 is 0 Å². The molecule has 1 aromatic rings. The van der Waals surface area contributed by atoms with E-state index in [1.807, 2.05) is 6.07 Å². The van der Waals surface area contributed by atoms with Crippen LogP contribution in [0.1, 0.15) is 32.0 Å². The molecule has 2 heterocycles. The first-order valence-corrected chi connectivity index (χ1v) is 6.87. The Labute approximate surface area is 109 Å². The van der Waals surface area contributed by atoms with Gasteiger partial charge in [-0.25, -0.2) is 9.97 Å². The molecule has 1 aliphatic heterocycles. The van der Waals surface area contributed by atoms with E-state index in [-0.39, 0.29) is 0 Å². The van der Waals surface area contributed by atoms with E-state index in [0.29, 0.717) is 5.82 Å². The Morgan fingerprint density at radius 1 is 1.33 bits per heavy atom. The van der Waals surface area contributed by atoms with Crippen molar-refractivity contribution in [2.24, 2.45) is 0 Å². The van der Waals surface area contributed by atoms with Gasteiger partial charge in [0, 0.05) is 25.6 Å². The van der Waals surface area contributed by atoms with Gasteiger partial charge < -0.3 is 16.0 Å². The fourth-order valence-electron chi connectivity index (χ4n) is 2.29. The molecule has 0 atom stereocenters. The van der Waals surface area contributed by atoms with Crippen LogP contribution in [0.3, 0.4) is 0 Å². The van der Waals surface area contributed by atoms with Gasteiger partial charge >= 0.3 is 0 Å². The van der Waals surface area contributed by atoms with E-state index in [2.05, 4.69) is 27.1 Å². The van der Waals surface area contributed by atoms with Gasteiger partial charge in [-0.15, -0.1) is 0 Å². The Bertz CT molecular complexity index is 374. The third-order valence-corrected chi connectivity index (χ3v) is 3.20. The fraction of sp³-hybridized carbons (Fsp3) is 0.692. The number of hydrogen-bond donors (Lipinski definition) is 2. The minimum Gasteiger partial charge on any atom is -0.384 e. The second-order valence-electron chi connectivity index (χ2n) is 4.82. The highest BCUT2D eigenvalue weighted by molar-refractivity contribution is 5.44. The molecule has 0 aliphatic carbocycles. The number of hydrogen-bond acceptors (Lipinski definition) is 5. The highest BCUT2D eigenvalue weighted by Crippen LogP contribution is 2.10. The van der Waals surface area contributed by atoms with Crippen molar-refractivity contribution in [3.05, 3.63) is 11.9 Å². The van der Waals surface area contributed by atoms with Crippen LogP contribution in [-0.2, 0) is 6.42 Å². The lowest BCUT2D eigenvalue weighted by molar-refractivity contribution is 0.352. The summed E-state index contributed by atoms with van der Waals surface area (Å²) < 4.78 is 0. The number of nitrogens with zero attached hydrogens (tertiary/aromatic N) is 3. The molecule has 2 rings (SSSR count). The summed E-state index contributed by atoms with van der Waals surface area (Å²) in [4.78, 5) is 11.2. The molecule has 5 heteroatoms. The number of nitrogens with one attached hydrogen (secondary N) is 1. The maximum absolute atomic E-state index is 5.78. The predicted molar refractivity (Wildman–Crippen MR) is 74.6 cm³/mol. The van der Waals surface area contributed by atoms with Crippen molar-refractivity contribution < 1.29 is 0 Å². The number of aryl methyl sites for hydroxylation is 1. The van der Waals surface area contributed by atoms with Crippen molar-refractivity contribution in [1.82, 2.24) is 14.9 Å². The number of likely N-dealkylation sites (tertiary alicyclic amines) is 1. The molecule has 100 valence electrons. The third-order valence-electron chi connectivity index (χ3n) is 3.20. The Morgan fingerprint density at radius 3 is 2.83 bits per heavy atom. The van der Waals surface area contributed by atoms with Crippen LogP contribution in [0.5, 0.6) is 0 Å². The van der Waals surface area contributed by atoms with Crippen LogP contribution in [0, 0.1) is 0 Å². The first kappa shape index (κ1) is 13.1. The lowest BCUT2D eigenvalue weighted by atomic mass is 10.3. The highest BCUT2D eigenvalue weighted by atomic mass is 15.2. The smallest absolute Gasteiger partial charge is 0.133 e. The molecule has 0 radical (unpaired) electrons. The normalized spacial score (nSPS) is 16.1. The number of rotatable bonds is 6. The lowest BCUT2D eigenvalue weighted by Gasteiger charge is -2.15. The Balaban J connectivity index is 1.83. The second-order valence-corrected chi connectivity index (χ2v) is 4.82. The summed E-state index contributed by atoms with van der Waals surface area (Å²) in [6.45, 7) is 6.57. The molecule has 1 saturated heterocycles.